The van der Waals surface area contributed by atoms with Gasteiger partial charge in [-0.25, -0.2) is 0 Å². The summed E-state index contributed by atoms with van der Waals surface area (Å²) in [6.07, 6.45) is 1.60. The SMILES string of the molecule is NCc1nnc(SCC(=O)NC(=O)c2ccc[nH]2)o1. The van der Waals surface area contributed by atoms with Crippen LogP contribution in [-0.2, 0) is 11.3 Å². The molecule has 0 bridgehead atoms. The zero-order valence-corrected chi connectivity index (χ0v) is 10.6. The molecule has 0 aliphatic rings. The number of nitrogens with zero attached hydrogens (tertiary/aromatic N) is 2. The van der Waals surface area contributed by atoms with Crippen LogP contribution in [0.1, 0.15) is 16.4 Å². The zero-order valence-electron chi connectivity index (χ0n) is 9.75. The average Bonchev–Trinajstić information content (AvgIpc) is 3.07. The van der Waals surface area contributed by atoms with Crippen LogP contribution in [0.15, 0.2) is 28.0 Å². The molecule has 0 spiro atoms. The maximum atomic E-state index is 11.5. The molecule has 0 fully saturated rings. The lowest BCUT2D eigenvalue weighted by Gasteiger charge is -2.00. The second-order valence-electron chi connectivity index (χ2n) is 3.42. The number of carbonyl (C=O) groups is 2. The van der Waals surface area contributed by atoms with E-state index in [-0.39, 0.29) is 17.5 Å². The van der Waals surface area contributed by atoms with Gasteiger partial charge in [0.25, 0.3) is 11.1 Å². The number of thioether (sulfide) groups is 1. The summed E-state index contributed by atoms with van der Waals surface area (Å²) in [5.41, 5.74) is 5.63. The van der Waals surface area contributed by atoms with Crippen molar-refractivity contribution in [2.45, 2.75) is 11.8 Å². The lowest BCUT2D eigenvalue weighted by molar-refractivity contribution is -0.117. The fourth-order valence-corrected chi connectivity index (χ4v) is 1.79. The molecule has 19 heavy (non-hydrogen) atoms. The topological polar surface area (TPSA) is 127 Å². The number of aromatic nitrogens is 3. The van der Waals surface area contributed by atoms with Crippen LogP contribution < -0.4 is 11.1 Å². The first-order chi connectivity index (χ1) is 9.19. The Morgan fingerprint density at radius 1 is 1.47 bits per heavy atom. The molecule has 0 radical (unpaired) electrons. The minimum absolute atomic E-state index is 0.00134. The number of hydrogen-bond donors (Lipinski definition) is 3. The highest BCUT2D eigenvalue weighted by Crippen LogP contribution is 2.15. The van der Waals surface area contributed by atoms with Gasteiger partial charge in [0.1, 0.15) is 5.69 Å². The molecule has 2 rings (SSSR count). The number of amides is 2. The summed E-state index contributed by atoms with van der Waals surface area (Å²) < 4.78 is 5.11. The summed E-state index contributed by atoms with van der Waals surface area (Å²) in [5.74, 6) is -0.634. The number of hydrogen-bond acceptors (Lipinski definition) is 7. The molecule has 4 N–H and O–H groups in total. The second-order valence-corrected chi connectivity index (χ2v) is 4.34. The van der Waals surface area contributed by atoms with E-state index in [0.29, 0.717) is 11.6 Å². The van der Waals surface area contributed by atoms with E-state index in [1.165, 1.54) is 0 Å². The van der Waals surface area contributed by atoms with Gasteiger partial charge >= 0.3 is 0 Å². The summed E-state index contributed by atoms with van der Waals surface area (Å²) >= 11 is 1.03. The van der Waals surface area contributed by atoms with Gasteiger partial charge in [-0.2, -0.15) is 0 Å². The van der Waals surface area contributed by atoms with Crippen LogP contribution >= 0.6 is 11.8 Å². The van der Waals surface area contributed by atoms with Crippen molar-refractivity contribution in [3.8, 4) is 0 Å². The van der Waals surface area contributed by atoms with Gasteiger partial charge in [0.15, 0.2) is 0 Å². The molecule has 8 nitrogen and oxygen atoms in total. The summed E-state index contributed by atoms with van der Waals surface area (Å²) in [6.45, 7) is 0.144. The average molecular weight is 281 g/mol. The first-order valence-electron chi connectivity index (χ1n) is 5.32. The van der Waals surface area contributed by atoms with E-state index in [1.807, 2.05) is 0 Å². The lowest BCUT2D eigenvalue weighted by Crippen LogP contribution is -2.32. The van der Waals surface area contributed by atoms with Gasteiger partial charge in [-0.05, 0) is 12.1 Å². The smallest absolute Gasteiger partial charge is 0.277 e. The lowest BCUT2D eigenvalue weighted by atomic mass is 10.4. The first-order valence-corrected chi connectivity index (χ1v) is 6.30. The van der Waals surface area contributed by atoms with Crippen molar-refractivity contribution >= 4 is 23.6 Å². The van der Waals surface area contributed by atoms with Crippen molar-refractivity contribution in [3.63, 3.8) is 0 Å². The normalized spacial score (nSPS) is 10.4. The van der Waals surface area contributed by atoms with Crippen LogP contribution in [0.2, 0.25) is 0 Å². The predicted molar refractivity (Wildman–Crippen MR) is 66.2 cm³/mol. The molecule has 0 aromatic carbocycles. The number of nitrogens with one attached hydrogen (secondary N) is 2. The van der Waals surface area contributed by atoms with E-state index < -0.39 is 11.8 Å². The van der Waals surface area contributed by atoms with Gasteiger partial charge < -0.3 is 15.1 Å². The number of H-pyrrole nitrogens is 1. The van der Waals surface area contributed by atoms with Crippen molar-refractivity contribution < 1.29 is 14.0 Å². The highest BCUT2D eigenvalue weighted by molar-refractivity contribution is 7.99. The van der Waals surface area contributed by atoms with E-state index in [0.717, 1.165) is 11.8 Å². The van der Waals surface area contributed by atoms with Gasteiger partial charge in [-0.1, -0.05) is 11.8 Å². The zero-order chi connectivity index (χ0) is 13.7. The number of aromatic amines is 1. The first kappa shape index (κ1) is 13.3. The number of nitrogens with two attached hydrogens (primary N) is 1. The van der Waals surface area contributed by atoms with Gasteiger partial charge in [0.2, 0.25) is 11.8 Å². The van der Waals surface area contributed by atoms with Crippen LogP contribution in [-0.4, -0.2) is 32.7 Å². The van der Waals surface area contributed by atoms with E-state index in [9.17, 15) is 9.59 Å². The van der Waals surface area contributed by atoms with Gasteiger partial charge in [-0.3, -0.25) is 14.9 Å². The molecule has 0 unspecified atom stereocenters. The third-order valence-corrected chi connectivity index (χ3v) is 2.86. The van der Waals surface area contributed by atoms with Crippen molar-refractivity contribution in [1.29, 1.82) is 0 Å². The van der Waals surface area contributed by atoms with Crippen molar-refractivity contribution in [2.24, 2.45) is 5.73 Å². The van der Waals surface area contributed by atoms with Crippen LogP contribution in [0.25, 0.3) is 0 Å². The van der Waals surface area contributed by atoms with Crippen molar-refractivity contribution in [1.82, 2.24) is 20.5 Å². The molecular weight excluding hydrogens is 270 g/mol. The molecule has 0 aliphatic carbocycles. The highest BCUT2D eigenvalue weighted by atomic mass is 32.2. The standard InChI is InChI=1S/C10H11N5O3S/c11-4-8-14-15-10(18-8)19-5-7(16)13-9(17)6-2-1-3-12-6/h1-3,12H,4-5,11H2,(H,13,16,17). The summed E-state index contributed by atoms with van der Waals surface area (Å²) in [7, 11) is 0. The van der Waals surface area contributed by atoms with Crippen molar-refractivity contribution in [2.75, 3.05) is 5.75 Å². The molecular formula is C10H11N5O3S. The second kappa shape index (κ2) is 6.16. The largest absolute Gasteiger partial charge is 0.415 e. The molecule has 2 heterocycles. The van der Waals surface area contributed by atoms with E-state index in [2.05, 4.69) is 20.5 Å². The molecule has 0 saturated carbocycles. The van der Waals surface area contributed by atoms with Crippen LogP contribution in [0.4, 0.5) is 0 Å². The molecule has 0 atom stereocenters. The molecule has 9 heteroatoms. The number of imide groups is 1. The van der Waals surface area contributed by atoms with Gasteiger partial charge in [-0.15, -0.1) is 10.2 Å². The van der Waals surface area contributed by atoms with E-state index >= 15 is 0 Å². The fourth-order valence-electron chi connectivity index (χ4n) is 1.21. The van der Waals surface area contributed by atoms with E-state index in [4.69, 9.17) is 10.2 Å². The summed E-state index contributed by atoms with van der Waals surface area (Å²) in [4.78, 5) is 25.8. The fraction of sp³-hybridized carbons (Fsp3) is 0.200. The monoisotopic (exact) mass is 281 g/mol. The van der Waals surface area contributed by atoms with Gasteiger partial charge in [0, 0.05) is 6.20 Å². The minimum Gasteiger partial charge on any atom is -0.415 e. The van der Waals surface area contributed by atoms with Crippen LogP contribution in [0.3, 0.4) is 0 Å². The Kier molecular flexibility index (Phi) is 4.31. The number of carbonyl (C=O) groups excluding carboxylic acids is 2. The Labute approximate surface area is 112 Å². The van der Waals surface area contributed by atoms with Crippen LogP contribution in [0.5, 0.6) is 0 Å². The summed E-state index contributed by atoms with van der Waals surface area (Å²) in [5, 5.41) is 9.80. The molecule has 0 aliphatic heterocycles. The molecule has 100 valence electrons. The van der Waals surface area contributed by atoms with Crippen molar-refractivity contribution in [3.05, 3.63) is 29.9 Å². The Hall–Kier alpha value is -2.13. The third-order valence-electron chi connectivity index (χ3n) is 2.05. The van der Waals surface area contributed by atoms with Crippen LogP contribution in [0, 0.1) is 0 Å². The summed E-state index contributed by atoms with van der Waals surface area (Å²) in [6, 6.07) is 3.24. The Bertz CT molecular complexity index is 565. The Morgan fingerprint density at radius 3 is 2.95 bits per heavy atom. The number of rotatable bonds is 5. The Morgan fingerprint density at radius 2 is 2.32 bits per heavy atom. The molecule has 2 aromatic rings. The molecule has 2 aromatic heterocycles. The Balaban J connectivity index is 1.80. The highest BCUT2D eigenvalue weighted by Gasteiger charge is 2.13. The van der Waals surface area contributed by atoms with E-state index in [1.54, 1.807) is 18.3 Å². The maximum absolute atomic E-state index is 11.5. The molecule has 0 saturated heterocycles. The minimum atomic E-state index is -0.483. The molecule has 2 amide bonds. The quantitative estimate of drug-likeness (QED) is 0.653. The predicted octanol–water partition coefficient (Wildman–Crippen LogP) is -0.0949. The third kappa shape index (κ3) is 3.66. The maximum Gasteiger partial charge on any atom is 0.277 e. The van der Waals surface area contributed by atoms with Gasteiger partial charge in [0.05, 0.1) is 12.3 Å².